The third kappa shape index (κ3) is 3.41. The Bertz CT molecular complexity index is 255. The lowest BCUT2D eigenvalue weighted by molar-refractivity contribution is 0.158. The summed E-state index contributed by atoms with van der Waals surface area (Å²) in [4.78, 5) is 2.58. The highest BCUT2D eigenvalue weighted by atomic mass is 16.3. The molecule has 1 saturated carbocycles. The molecule has 0 spiro atoms. The minimum Gasteiger partial charge on any atom is -0.393 e. The first kappa shape index (κ1) is 13.3. The van der Waals surface area contributed by atoms with Crippen molar-refractivity contribution in [3.8, 4) is 0 Å². The van der Waals surface area contributed by atoms with E-state index in [1.54, 1.807) is 0 Å². The second-order valence-electron chi connectivity index (χ2n) is 6.07. The summed E-state index contributed by atoms with van der Waals surface area (Å²) in [5, 5.41) is 13.1. The smallest absolute Gasteiger partial charge is 0.0526 e. The summed E-state index contributed by atoms with van der Waals surface area (Å²) in [6.45, 7) is 6.94. The van der Waals surface area contributed by atoms with Gasteiger partial charge in [-0.1, -0.05) is 0 Å². The van der Waals surface area contributed by atoms with Gasteiger partial charge in [0.2, 0.25) is 0 Å². The van der Waals surface area contributed by atoms with Crippen LogP contribution in [0.3, 0.4) is 0 Å². The van der Waals surface area contributed by atoms with E-state index in [0.29, 0.717) is 12.6 Å². The van der Waals surface area contributed by atoms with Gasteiger partial charge in [-0.05, 0) is 39.5 Å². The van der Waals surface area contributed by atoms with E-state index in [2.05, 4.69) is 17.1 Å². The van der Waals surface area contributed by atoms with E-state index in [1.807, 2.05) is 6.92 Å². The Kier molecular flexibility index (Phi) is 4.08. The summed E-state index contributed by atoms with van der Waals surface area (Å²) >= 11 is 0. The van der Waals surface area contributed by atoms with E-state index >= 15 is 0 Å². The van der Waals surface area contributed by atoms with Crippen molar-refractivity contribution in [1.29, 1.82) is 0 Å². The maximum absolute atomic E-state index is 9.42. The molecule has 1 aliphatic carbocycles. The number of rotatable bonds is 6. The van der Waals surface area contributed by atoms with Gasteiger partial charge in [0.1, 0.15) is 0 Å². The molecule has 2 aliphatic rings. The minimum absolute atomic E-state index is 0.0803. The zero-order valence-electron chi connectivity index (χ0n) is 11.2. The van der Waals surface area contributed by atoms with E-state index in [1.165, 1.54) is 19.4 Å². The number of nitrogens with one attached hydrogen (secondary N) is 1. The van der Waals surface area contributed by atoms with E-state index in [0.717, 1.165) is 25.4 Å². The van der Waals surface area contributed by atoms with E-state index in [9.17, 15) is 5.11 Å². The fourth-order valence-electron chi connectivity index (χ4n) is 3.09. The Hall–Kier alpha value is -0.160. The Morgan fingerprint density at radius 2 is 2.18 bits per heavy atom. The summed E-state index contributed by atoms with van der Waals surface area (Å²) in [5.74, 6) is 0. The second kappa shape index (κ2) is 5.22. The minimum atomic E-state index is -0.242. The molecule has 100 valence electrons. The maximum atomic E-state index is 9.42. The van der Waals surface area contributed by atoms with Crippen molar-refractivity contribution in [1.82, 2.24) is 10.2 Å². The lowest BCUT2D eigenvalue weighted by Gasteiger charge is -2.33. The summed E-state index contributed by atoms with van der Waals surface area (Å²) in [5.41, 5.74) is 6.06. The lowest BCUT2D eigenvalue weighted by atomic mass is 9.96. The average molecular weight is 241 g/mol. The second-order valence-corrected chi connectivity index (χ2v) is 6.07. The van der Waals surface area contributed by atoms with Crippen LogP contribution in [0, 0.1) is 0 Å². The molecule has 0 aromatic carbocycles. The van der Waals surface area contributed by atoms with Gasteiger partial charge < -0.3 is 16.2 Å². The molecular weight excluding hydrogens is 214 g/mol. The van der Waals surface area contributed by atoms with Crippen LogP contribution in [0.4, 0.5) is 0 Å². The van der Waals surface area contributed by atoms with Crippen LogP contribution in [0.1, 0.15) is 39.5 Å². The first-order chi connectivity index (χ1) is 8.04. The summed E-state index contributed by atoms with van der Waals surface area (Å²) in [6.07, 6.45) is 4.43. The molecule has 4 heteroatoms. The number of hydrogen-bond donors (Lipinski definition) is 3. The van der Waals surface area contributed by atoms with Gasteiger partial charge in [0.25, 0.3) is 0 Å². The quantitative estimate of drug-likeness (QED) is 0.626. The number of nitrogens with two attached hydrogens (primary N) is 1. The largest absolute Gasteiger partial charge is 0.393 e. The van der Waals surface area contributed by atoms with Gasteiger partial charge in [-0.2, -0.15) is 0 Å². The Morgan fingerprint density at radius 3 is 2.71 bits per heavy atom. The fourth-order valence-corrected chi connectivity index (χ4v) is 3.09. The zero-order chi connectivity index (χ0) is 12.5. The average Bonchev–Trinajstić information content (AvgIpc) is 3.01. The molecule has 3 unspecified atom stereocenters. The Labute approximate surface area is 105 Å². The SMILES string of the molecule is CC(O)CC(C)NC1(CN)CCN(C2CC2)C1. The molecule has 17 heavy (non-hydrogen) atoms. The molecule has 2 rings (SSSR count). The van der Waals surface area contributed by atoms with Crippen LogP contribution in [0.15, 0.2) is 0 Å². The molecule has 1 heterocycles. The molecule has 0 aromatic heterocycles. The van der Waals surface area contributed by atoms with Gasteiger partial charge in [-0.25, -0.2) is 0 Å². The Morgan fingerprint density at radius 1 is 1.47 bits per heavy atom. The number of likely N-dealkylation sites (tertiary alicyclic amines) is 1. The van der Waals surface area contributed by atoms with Crippen molar-refractivity contribution in [2.75, 3.05) is 19.6 Å². The standard InChI is InChI=1S/C13H27N3O/c1-10(7-11(2)17)15-13(8-14)5-6-16(9-13)12-3-4-12/h10-12,15,17H,3-9,14H2,1-2H3. The van der Waals surface area contributed by atoms with Crippen LogP contribution < -0.4 is 11.1 Å². The lowest BCUT2D eigenvalue weighted by Crippen LogP contribution is -2.56. The van der Waals surface area contributed by atoms with E-state index in [-0.39, 0.29) is 11.6 Å². The van der Waals surface area contributed by atoms with Crippen LogP contribution in [0.2, 0.25) is 0 Å². The highest BCUT2D eigenvalue weighted by Gasteiger charge is 2.42. The number of aliphatic hydroxyl groups excluding tert-OH is 1. The van der Waals surface area contributed by atoms with E-state index < -0.39 is 0 Å². The fraction of sp³-hybridized carbons (Fsp3) is 1.00. The van der Waals surface area contributed by atoms with Crippen molar-refractivity contribution in [2.24, 2.45) is 5.73 Å². The van der Waals surface area contributed by atoms with Crippen LogP contribution in [-0.2, 0) is 0 Å². The molecule has 2 fully saturated rings. The molecule has 1 saturated heterocycles. The summed E-state index contributed by atoms with van der Waals surface area (Å²) in [7, 11) is 0. The first-order valence-corrected chi connectivity index (χ1v) is 6.94. The van der Waals surface area contributed by atoms with Crippen molar-refractivity contribution >= 4 is 0 Å². The zero-order valence-corrected chi connectivity index (χ0v) is 11.2. The van der Waals surface area contributed by atoms with Crippen LogP contribution in [-0.4, -0.2) is 53.4 Å². The van der Waals surface area contributed by atoms with Crippen LogP contribution in [0.25, 0.3) is 0 Å². The molecule has 0 aromatic rings. The van der Waals surface area contributed by atoms with Crippen LogP contribution >= 0.6 is 0 Å². The van der Waals surface area contributed by atoms with Crippen LogP contribution in [0.5, 0.6) is 0 Å². The monoisotopic (exact) mass is 241 g/mol. The molecule has 0 amide bonds. The summed E-state index contributed by atoms with van der Waals surface area (Å²) < 4.78 is 0. The molecule has 1 aliphatic heterocycles. The van der Waals surface area contributed by atoms with Gasteiger partial charge in [0.15, 0.2) is 0 Å². The Balaban J connectivity index is 1.86. The molecule has 4 N–H and O–H groups in total. The molecule has 0 radical (unpaired) electrons. The molecular formula is C13H27N3O. The first-order valence-electron chi connectivity index (χ1n) is 6.94. The van der Waals surface area contributed by atoms with Crippen molar-refractivity contribution in [3.63, 3.8) is 0 Å². The summed E-state index contributed by atoms with van der Waals surface area (Å²) in [6, 6.07) is 1.16. The topological polar surface area (TPSA) is 61.5 Å². The normalized spacial score (nSPS) is 33.9. The predicted octanol–water partition coefficient (Wildman–Crippen LogP) is 0.301. The van der Waals surface area contributed by atoms with Crippen molar-refractivity contribution < 1.29 is 5.11 Å². The van der Waals surface area contributed by atoms with Gasteiger partial charge in [-0.3, -0.25) is 4.90 Å². The number of hydrogen-bond acceptors (Lipinski definition) is 4. The molecule has 3 atom stereocenters. The van der Waals surface area contributed by atoms with Crippen molar-refractivity contribution in [3.05, 3.63) is 0 Å². The van der Waals surface area contributed by atoms with Crippen molar-refractivity contribution in [2.45, 2.75) is 63.3 Å². The highest BCUT2D eigenvalue weighted by Crippen LogP contribution is 2.33. The molecule has 4 nitrogen and oxygen atoms in total. The van der Waals surface area contributed by atoms with Gasteiger partial charge in [0.05, 0.1) is 6.10 Å². The van der Waals surface area contributed by atoms with E-state index in [4.69, 9.17) is 5.73 Å². The van der Waals surface area contributed by atoms with Gasteiger partial charge in [0, 0.05) is 37.3 Å². The number of aliphatic hydroxyl groups is 1. The predicted molar refractivity (Wildman–Crippen MR) is 69.9 cm³/mol. The third-order valence-corrected chi connectivity index (χ3v) is 4.08. The van der Waals surface area contributed by atoms with Gasteiger partial charge in [-0.15, -0.1) is 0 Å². The van der Waals surface area contributed by atoms with Gasteiger partial charge >= 0.3 is 0 Å². The highest BCUT2D eigenvalue weighted by molar-refractivity contribution is 5.03. The third-order valence-electron chi connectivity index (χ3n) is 4.08. The molecule has 0 bridgehead atoms. The number of nitrogens with zero attached hydrogens (tertiary/aromatic N) is 1. The maximum Gasteiger partial charge on any atom is 0.0526 e.